The second-order valence-corrected chi connectivity index (χ2v) is 6.83. The Hall–Kier alpha value is -3.37. The average Bonchev–Trinajstić information content (AvgIpc) is 3.21. The van der Waals surface area contributed by atoms with Crippen molar-refractivity contribution >= 4 is 34.0 Å². The van der Waals surface area contributed by atoms with Crippen LogP contribution in [0.15, 0.2) is 71.7 Å². The van der Waals surface area contributed by atoms with Gasteiger partial charge in [0.05, 0.1) is 22.5 Å². The minimum atomic E-state index is -0.366. The molecule has 5 heteroatoms. The maximum Gasteiger partial charge on any atom is 0.280 e. The molecule has 2 heterocycles. The first-order valence-electron chi connectivity index (χ1n) is 8.46. The van der Waals surface area contributed by atoms with Gasteiger partial charge in [-0.25, -0.2) is 4.99 Å². The third-order valence-corrected chi connectivity index (χ3v) is 5.07. The third-order valence-electron chi connectivity index (χ3n) is 4.82. The molecular weight excluding hydrogens is 360 g/mol. The summed E-state index contributed by atoms with van der Waals surface area (Å²) < 4.78 is 0. The highest BCUT2D eigenvalue weighted by Crippen LogP contribution is 2.39. The highest BCUT2D eigenvalue weighted by Gasteiger charge is 2.33. The number of aromatic nitrogens is 1. The van der Waals surface area contributed by atoms with Gasteiger partial charge in [0.25, 0.3) is 5.91 Å². The summed E-state index contributed by atoms with van der Waals surface area (Å²) in [6.45, 7) is 0. The second-order valence-electron chi connectivity index (χ2n) is 6.40. The van der Waals surface area contributed by atoms with Crippen molar-refractivity contribution in [3.05, 3.63) is 88.4 Å². The summed E-state index contributed by atoms with van der Waals surface area (Å²) in [5, 5.41) is 13.2. The quantitative estimate of drug-likeness (QED) is 0.508. The molecular formula is C22H13ClN2O2. The van der Waals surface area contributed by atoms with Crippen molar-refractivity contribution in [1.82, 2.24) is 4.98 Å². The summed E-state index contributed by atoms with van der Waals surface area (Å²) in [6.07, 6.45) is 0. The number of H-pyrrole nitrogens is 1. The monoisotopic (exact) mass is 372 g/mol. The maximum atomic E-state index is 12.7. The van der Waals surface area contributed by atoms with Crippen LogP contribution in [0, 0.1) is 0 Å². The highest BCUT2D eigenvalue weighted by molar-refractivity contribution is 6.33. The van der Waals surface area contributed by atoms with Gasteiger partial charge in [0.15, 0.2) is 5.88 Å². The van der Waals surface area contributed by atoms with Gasteiger partial charge in [-0.2, -0.15) is 0 Å². The molecule has 0 spiro atoms. The van der Waals surface area contributed by atoms with E-state index < -0.39 is 0 Å². The van der Waals surface area contributed by atoms with Crippen LogP contribution in [-0.2, 0) is 0 Å². The number of hydrogen-bond acceptors (Lipinski definition) is 2. The minimum absolute atomic E-state index is 0.0625. The van der Waals surface area contributed by atoms with E-state index in [1.54, 1.807) is 24.3 Å². The molecule has 1 aliphatic rings. The number of nitrogens with zero attached hydrogens (tertiary/aromatic N) is 1. The van der Waals surface area contributed by atoms with E-state index in [1.165, 1.54) is 0 Å². The summed E-state index contributed by atoms with van der Waals surface area (Å²) in [4.78, 5) is 19.9. The number of halogens is 1. The minimum Gasteiger partial charge on any atom is -0.494 e. The first kappa shape index (κ1) is 15.9. The number of nitrogens with one attached hydrogen (secondary N) is 1. The molecule has 1 amide bonds. The Morgan fingerprint density at radius 2 is 1.63 bits per heavy atom. The lowest BCUT2D eigenvalue weighted by Crippen LogP contribution is -2.00. The number of carbonyl (C=O) groups excluding carboxylic acids is 1. The summed E-state index contributed by atoms with van der Waals surface area (Å²) >= 11 is 5.96. The van der Waals surface area contributed by atoms with Crippen molar-refractivity contribution in [3.8, 4) is 17.1 Å². The zero-order valence-corrected chi connectivity index (χ0v) is 14.8. The molecule has 4 nitrogen and oxygen atoms in total. The predicted octanol–water partition coefficient (Wildman–Crippen LogP) is 5.19. The Morgan fingerprint density at radius 1 is 0.889 bits per heavy atom. The smallest absolute Gasteiger partial charge is 0.280 e. The van der Waals surface area contributed by atoms with E-state index in [0.29, 0.717) is 27.6 Å². The lowest BCUT2D eigenvalue weighted by atomic mass is 9.96. The van der Waals surface area contributed by atoms with Gasteiger partial charge in [-0.3, -0.25) is 4.79 Å². The maximum absolute atomic E-state index is 12.7. The van der Waals surface area contributed by atoms with Crippen LogP contribution in [0.5, 0.6) is 5.88 Å². The van der Waals surface area contributed by atoms with E-state index in [1.807, 2.05) is 42.5 Å². The van der Waals surface area contributed by atoms with Crippen LogP contribution < -0.4 is 0 Å². The van der Waals surface area contributed by atoms with E-state index in [2.05, 4.69) is 9.98 Å². The zero-order valence-electron chi connectivity index (χ0n) is 14.0. The lowest BCUT2D eigenvalue weighted by molar-refractivity contribution is 0.101. The van der Waals surface area contributed by atoms with Crippen molar-refractivity contribution in [2.45, 2.75) is 0 Å². The van der Waals surface area contributed by atoms with E-state index in [0.717, 1.165) is 21.9 Å². The van der Waals surface area contributed by atoms with Crippen molar-refractivity contribution in [2.24, 2.45) is 4.99 Å². The normalized spacial score (nSPS) is 13.1. The number of carbonyl (C=O) groups is 1. The van der Waals surface area contributed by atoms with Gasteiger partial charge in [0.2, 0.25) is 0 Å². The standard InChI is InChI=1S/C22H13ClN2O2/c23-14-10-8-13(9-11-14)19-17-18(22(27)24-19)20(25-21(17)26)16-7-3-5-12-4-1-2-6-15(12)16/h1-11,24,27H. The number of hydrogen-bond donors (Lipinski definition) is 2. The summed E-state index contributed by atoms with van der Waals surface area (Å²) in [6, 6.07) is 20.8. The number of rotatable bonds is 2. The van der Waals surface area contributed by atoms with E-state index in [-0.39, 0.29) is 11.8 Å². The molecule has 0 aliphatic carbocycles. The molecule has 5 rings (SSSR count). The fourth-order valence-electron chi connectivity index (χ4n) is 3.60. The number of fused-ring (bicyclic) bond motifs is 2. The molecule has 1 aliphatic heterocycles. The molecule has 0 fully saturated rings. The third kappa shape index (κ3) is 2.38. The zero-order chi connectivity index (χ0) is 18.5. The molecule has 2 N–H and O–H groups in total. The average molecular weight is 373 g/mol. The van der Waals surface area contributed by atoms with Gasteiger partial charge in [-0.05, 0) is 28.5 Å². The fourth-order valence-corrected chi connectivity index (χ4v) is 3.73. The molecule has 0 bridgehead atoms. The molecule has 130 valence electrons. The van der Waals surface area contributed by atoms with Crippen LogP contribution >= 0.6 is 11.6 Å². The lowest BCUT2D eigenvalue weighted by Gasteiger charge is -2.06. The first-order valence-corrected chi connectivity index (χ1v) is 8.83. The summed E-state index contributed by atoms with van der Waals surface area (Å²) in [5.41, 5.74) is 3.44. The molecule has 4 aromatic rings. The molecule has 27 heavy (non-hydrogen) atoms. The Morgan fingerprint density at radius 3 is 2.44 bits per heavy atom. The largest absolute Gasteiger partial charge is 0.494 e. The predicted molar refractivity (Wildman–Crippen MR) is 107 cm³/mol. The first-order chi connectivity index (χ1) is 13.1. The van der Waals surface area contributed by atoms with Crippen LogP contribution in [0.4, 0.5) is 0 Å². The van der Waals surface area contributed by atoms with Gasteiger partial charge < -0.3 is 10.1 Å². The Bertz CT molecular complexity index is 1250. The fraction of sp³-hybridized carbons (Fsp3) is 0. The number of amides is 1. The summed E-state index contributed by atoms with van der Waals surface area (Å²) in [7, 11) is 0. The van der Waals surface area contributed by atoms with Crippen molar-refractivity contribution < 1.29 is 9.90 Å². The van der Waals surface area contributed by atoms with Crippen LogP contribution in [0.25, 0.3) is 22.0 Å². The van der Waals surface area contributed by atoms with Gasteiger partial charge in [-0.1, -0.05) is 66.2 Å². The molecule has 0 radical (unpaired) electrons. The van der Waals surface area contributed by atoms with Crippen LogP contribution in [0.3, 0.4) is 0 Å². The van der Waals surface area contributed by atoms with E-state index in [4.69, 9.17) is 11.6 Å². The SMILES string of the molecule is O=C1N=C(c2cccc3ccccc23)c2c(O)[nH]c(-c3ccc(Cl)cc3)c21. The molecule has 3 aromatic carbocycles. The second kappa shape index (κ2) is 5.83. The van der Waals surface area contributed by atoms with Crippen molar-refractivity contribution in [1.29, 1.82) is 0 Å². The number of aliphatic imine (C=N–C) groups is 1. The van der Waals surface area contributed by atoms with Crippen LogP contribution in [-0.4, -0.2) is 21.7 Å². The van der Waals surface area contributed by atoms with Crippen LogP contribution in [0.1, 0.15) is 21.5 Å². The number of aromatic hydroxyl groups is 1. The number of benzene rings is 3. The Balaban J connectivity index is 1.73. The topological polar surface area (TPSA) is 65.4 Å². The molecule has 0 saturated heterocycles. The number of aromatic amines is 1. The van der Waals surface area contributed by atoms with Crippen molar-refractivity contribution in [3.63, 3.8) is 0 Å². The highest BCUT2D eigenvalue weighted by atomic mass is 35.5. The van der Waals surface area contributed by atoms with Crippen molar-refractivity contribution in [2.75, 3.05) is 0 Å². The van der Waals surface area contributed by atoms with Gasteiger partial charge >= 0.3 is 0 Å². The molecule has 0 unspecified atom stereocenters. The van der Waals surface area contributed by atoms with Gasteiger partial charge in [-0.15, -0.1) is 0 Å². The van der Waals surface area contributed by atoms with Gasteiger partial charge in [0.1, 0.15) is 0 Å². The molecule has 1 aromatic heterocycles. The van der Waals surface area contributed by atoms with E-state index in [9.17, 15) is 9.90 Å². The summed E-state index contributed by atoms with van der Waals surface area (Å²) in [5.74, 6) is -0.429. The Kier molecular flexibility index (Phi) is 3.42. The van der Waals surface area contributed by atoms with E-state index >= 15 is 0 Å². The molecule has 0 atom stereocenters. The Labute approximate surface area is 159 Å². The van der Waals surface area contributed by atoms with Crippen LogP contribution in [0.2, 0.25) is 5.02 Å². The van der Waals surface area contributed by atoms with Gasteiger partial charge in [0, 0.05) is 10.6 Å². The molecule has 0 saturated carbocycles.